The third-order valence-electron chi connectivity index (χ3n) is 5.68. The zero-order valence-electron chi connectivity index (χ0n) is 17.6. The Morgan fingerprint density at radius 3 is 2.74 bits per heavy atom. The summed E-state index contributed by atoms with van der Waals surface area (Å²) in [5.74, 6) is -0.0663. The van der Waals surface area contributed by atoms with Crippen molar-refractivity contribution >= 4 is 44.6 Å². The molecule has 13 heteroatoms. The number of thiophene rings is 1. The summed E-state index contributed by atoms with van der Waals surface area (Å²) in [6.45, 7) is 1.79. The highest BCUT2D eigenvalue weighted by molar-refractivity contribution is 7.89. The molecule has 180 valence electrons. The fraction of sp³-hybridized carbons (Fsp3) is 0.333. The first-order valence-electron chi connectivity index (χ1n) is 10.5. The van der Waals surface area contributed by atoms with Gasteiger partial charge in [-0.25, -0.2) is 23.1 Å². The smallest absolute Gasteiger partial charge is 0.323 e. The van der Waals surface area contributed by atoms with E-state index in [0.717, 1.165) is 35.4 Å². The number of nitrogens with zero attached hydrogens (tertiary/aromatic N) is 2. The predicted octanol–water partition coefficient (Wildman–Crippen LogP) is 4.49. The molecule has 2 aliphatic rings. The maximum atomic E-state index is 13.8. The molecule has 0 atom stereocenters. The van der Waals surface area contributed by atoms with Crippen LogP contribution in [0.3, 0.4) is 0 Å². The summed E-state index contributed by atoms with van der Waals surface area (Å²) >= 11 is 7.39. The standard InChI is InChI=1S/C21H19ClF3N5O2S2/c22-14-6-12-9-26-5-3-11(12)7-15(14)29-20-27-10-13(21(23,24)25)19(30-20)17-8-18-16(33-17)2-1-4-28-34(18,31)32/h6-8,10,26,28H,1-5,9H2,(H,27,29,30). The Balaban J connectivity index is 1.57. The van der Waals surface area contributed by atoms with E-state index in [4.69, 9.17) is 11.6 Å². The number of fused-ring (bicyclic) bond motifs is 2. The highest BCUT2D eigenvalue weighted by atomic mass is 35.5. The van der Waals surface area contributed by atoms with Gasteiger partial charge in [-0.05, 0) is 55.1 Å². The van der Waals surface area contributed by atoms with Gasteiger partial charge in [0.15, 0.2) is 0 Å². The van der Waals surface area contributed by atoms with Gasteiger partial charge in [-0.3, -0.25) is 0 Å². The minimum atomic E-state index is -4.72. The van der Waals surface area contributed by atoms with E-state index in [1.807, 2.05) is 12.1 Å². The highest BCUT2D eigenvalue weighted by Gasteiger charge is 2.37. The van der Waals surface area contributed by atoms with Crippen molar-refractivity contribution in [1.29, 1.82) is 0 Å². The summed E-state index contributed by atoms with van der Waals surface area (Å²) < 4.78 is 68.8. The summed E-state index contributed by atoms with van der Waals surface area (Å²) in [6.07, 6.45) is -2.21. The van der Waals surface area contributed by atoms with Crippen LogP contribution < -0.4 is 15.4 Å². The van der Waals surface area contributed by atoms with Crippen molar-refractivity contribution in [3.05, 3.63) is 51.0 Å². The van der Waals surface area contributed by atoms with E-state index < -0.39 is 21.8 Å². The lowest BCUT2D eigenvalue weighted by molar-refractivity contribution is -0.137. The molecule has 0 bridgehead atoms. The van der Waals surface area contributed by atoms with Crippen molar-refractivity contribution in [2.45, 2.75) is 36.9 Å². The van der Waals surface area contributed by atoms with Gasteiger partial charge in [-0.15, -0.1) is 11.3 Å². The van der Waals surface area contributed by atoms with Crippen LogP contribution in [0.1, 0.15) is 28.0 Å². The molecule has 0 amide bonds. The second-order valence-corrected chi connectivity index (χ2v) is 11.3. The highest BCUT2D eigenvalue weighted by Crippen LogP contribution is 2.42. The lowest BCUT2D eigenvalue weighted by Gasteiger charge is -2.19. The Morgan fingerprint density at radius 2 is 1.94 bits per heavy atom. The monoisotopic (exact) mass is 529 g/mol. The number of halogens is 4. The molecule has 2 aliphatic heterocycles. The molecule has 4 heterocycles. The Kier molecular flexibility index (Phi) is 6.05. The molecule has 3 N–H and O–H groups in total. The van der Waals surface area contributed by atoms with Gasteiger partial charge in [-0.2, -0.15) is 13.2 Å². The van der Waals surface area contributed by atoms with Crippen LogP contribution in [0.2, 0.25) is 5.02 Å². The maximum absolute atomic E-state index is 13.8. The molecule has 5 rings (SSSR count). The molecule has 0 aliphatic carbocycles. The van der Waals surface area contributed by atoms with Crippen LogP contribution >= 0.6 is 22.9 Å². The van der Waals surface area contributed by atoms with Gasteiger partial charge < -0.3 is 10.6 Å². The first-order chi connectivity index (χ1) is 16.1. The first kappa shape index (κ1) is 23.5. The lowest BCUT2D eigenvalue weighted by atomic mass is 10.0. The van der Waals surface area contributed by atoms with Crippen molar-refractivity contribution in [3.63, 3.8) is 0 Å². The third-order valence-corrected chi connectivity index (χ3v) is 8.85. The number of nitrogens with one attached hydrogen (secondary N) is 3. The Labute approximate surface area is 202 Å². The average molecular weight is 530 g/mol. The summed E-state index contributed by atoms with van der Waals surface area (Å²) in [5.41, 5.74) is 1.21. The Bertz CT molecular complexity index is 1380. The van der Waals surface area contributed by atoms with Crippen LogP contribution in [0.25, 0.3) is 10.6 Å². The Morgan fingerprint density at radius 1 is 1.12 bits per heavy atom. The van der Waals surface area contributed by atoms with Crippen LogP contribution in [-0.2, 0) is 35.6 Å². The van der Waals surface area contributed by atoms with Crippen molar-refractivity contribution in [2.24, 2.45) is 0 Å². The maximum Gasteiger partial charge on any atom is 0.420 e. The van der Waals surface area contributed by atoms with Gasteiger partial charge in [0.05, 0.1) is 26.2 Å². The predicted molar refractivity (Wildman–Crippen MR) is 124 cm³/mol. The van der Waals surface area contributed by atoms with Gasteiger partial charge >= 0.3 is 6.18 Å². The summed E-state index contributed by atoms with van der Waals surface area (Å²) in [6, 6.07) is 4.92. The van der Waals surface area contributed by atoms with E-state index in [1.54, 1.807) is 0 Å². The molecule has 0 saturated heterocycles. The third kappa shape index (κ3) is 4.52. The van der Waals surface area contributed by atoms with Crippen LogP contribution in [0.5, 0.6) is 0 Å². The SMILES string of the molecule is O=S1(=O)NCCCc2sc(-c3nc(Nc4cc5c(cc4Cl)CNCC5)ncc3C(F)(F)F)cc21. The van der Waals surface area contributed by atoms with Crippen LogP contribution in [0.4, 0.5) is 24.8 Å². The topological polar surface area (TPSA) is 96.0 Å². The average Bonchev–Trinajstić information content (AvgIpc) is 3.16. The zero-order valence-corrected chi connectivity index (χ0v) is 20.0. The van der Waals surface area contributed by atoms with Gasteiger partial charge in [0.25, 0.3) is 0 Å². The van der Waals surface area contributed by atoms with Gasteiger partial charge in [0.1, 0.15) is 5.56 Å². The number of benzene rings is 1. The van der Waals surface area contributed by atoms with Gasteiger partial charge in [-0.1, -0.05) is 11.6 Å². The largest absolute Gasteiger partial charge is 0.420 e. The molecule has 34 heavy (non-hydrogen) atoms. The molecule has 1 aromatic carbocycles. The minimum absolute atomic E-state index is 0.00223. The van der Waals surface area contributed by atoms with E-state index >= 15 is 0 Å². The molecule has 0 radical (unpaired) electrons. The fourth-order valence-electron chi connectivity index (χ4n) is 4.02. The fourth-order valence-corrected chi connectivity index (χ4v) is 7.13. The van der Waals surface area contributed by atoms with Crippen LogP contribution in [0.15, 0.2) is 29.3 Å². The van der Waals surface area contributed by atoms with E-state index in [9.17, 15) is 21.6 Å². The second-order valence-electron chi connectivity index (χ2n) is 8.01. The molecule has 0 spiro atoms. The van der Waals surface area contributed by atoms with Gasteiger partial charge in [0.2, 0.25) is 16.0 Å². The van der Waals surface area contributed by atoms with Crippen LogP contribution in [0, 0.1) is 0 Å². The van der Waals surface area contributed by atoms with Gasteiger partial charge in [0, 0.05) is 24.2 Å². The molecule has 0 fully saturated rings. The van der Waals surface area contributed by atoms with E-state index in [0.29, 0.717) is 41.2 Å². The molecule has 0 unspecified atom stereocenters. The number of hydrogen-bond donors (Lipinski definition) is 3. The van der Waals surface area contributed by atoms with E-state index in [-0.39, 0.29) is 28.0 Å². The molecule has 0 saturated carbocycles. The molecule has 3 aromatic rings. The normalized spacial score (nSPS) is 17.5. The number of anilines is 2. The molecule has 7 nitrogen and oxygen atoms in total. The van der Waals surface area contributed by atoms with E-state index in [1.165, 1.54) is 6.07 Å². The van der Waals surface area contributed by atoms with Crippen LogP contribution in [-0.4, -0.2) is 31.5 Å². The molecule has 2 aromatic heterocycles. The quantitative estimate of drug-likeness (QED) is 0.463. The number of aryl methyl sites for hydroxylation is 1. The number of hydrogen-bond acceptors (Lipinski definition) is 7. The Hall–Kier alpha value is -2.25. The second kappa shape index (κ2) is 8.76. The van der Waals surface area contributed by atoms with Crippen molar-refractivity contribution in [1.82, 2.24) is 20.0 Å². The van der Waals surface area contributed by atoms with Crippen molar-refractivity contribution < 1.29 is 21.6 Å². The van der Waals surface area contributed by atoms with E-state index in [2.05, 4.69) is 25.3 Å². The molecular formula is C21H19ClF3N5O2S2. The number of sulfonamides is 1. The minimum Gasteiger partial charge on any atom is -0.323 e. The number of rotatable bonds is 3. The number of alkyl halides is 3. The molecular weight excluding hydrogens is 511 g/mol. The summed E-state index contributed by atoms with van der Waals surface area (Å²) in [5, 5.41) is 6.58. The lowest BCUT2D eigenvalue weighted by Crippen LogP contribution is -2.23. The first-order valence-corrected chi connectivity index (χ1v) is 13.2. The summed E-state index contributed by atoms with van der Waals surface area (Å²) in [7, 11) is -3.79. The summed E-state index contributed by atoms with van der Waals surface area (Å²) in [4.78, 5) is 8.63. The number of aromatic nitrogens is 2. The van der Waals surface area contributed by atoms with Crippen molar-refractivity contribution in [2.75, 3.05) is 18.4 Å². The zero-order chi connectivity index (χ0) is 24.1. The van der Waals surface area contributed by atoms with Crippen molar-refractivity contribution in [3.8, 4) is 10.6 Å².